The van der Waals surface area contributed by atoms with Gasteiger partial charge in [-0.15, -0.1) is 0 Å². The average molecular weight is 682 g/mol. The molecule has 0 spiro atoms. The number of rotatable bonds is 2. The van der Waals surface area contributed by atoms with E-state index in [-0.39, 0.29) is 35.3 Å². The summed E-state index contributed by atoms with van der Waals surface area (Å²) in [7, 11) is -5.73. The molecule has 3 aliphatic rings. The molecule has 0 unspecified atom stereocenters. The van der Waals surface area contributed by atoms with Gasteiger partial charge >= 0.3 is 7.25 Å². The first-order chi connectivity index (χ1) is 18.6. The smallest absolute Gasteiger partial charge is 0.418 e. The molecule has 4 atom stereocenters. The predicted octanol–water partition coefficient (Wildman–Crippen LogP) is 10.7. The third-order valence-corrected chi connectivity index (χ3v) is 14.0. The molecule has 1 radical (unpaired) electrons. The summed E-state index contributed by atoms with van der Waals surface area (Å²) in [5.41, 5.74) is 3.75. The molecular formula is C32H46BF4P2Rh-. The summed E-state index contributed by atoms with van der Waals surface area (Å²) in [4.78, 5) is 0. The topological polar surface area (TPSA) is 0 Å². The number of hydrogen-bond donors (Lipinski definition) is 0. The van der Waals surface area contributed by atoms with Crippen LogP contribution in [0.1, 0.15) is 79.1 Å². The molecule has 0 N–H and O–H groups in total. The first-order valence-corrected chi connectivity index (χ1v) is 17.4. The van der Waals surface area contributed by atoms with Gasteiger partial charge in [0.05, 0.1) is 0 Å². The van der Waals surface area contributed by atoms with E-state index in [1.54, 1.807) is 10.6 Å². The average Bonchev–Trinajstić information content (AvgIpc) is 3.39. The van der Waals surface area contributed by atoms with E-state index in [9.17, 15) is 17.3 Å². The van der Waals surface area contributed by atoms with Crippen molar-refractivity contribution in [3.63, 3.8) is 0 Å². The molecule has 0 aromatic heterocycles. The number of hydrogen-bond acceptors (Lipinski definition) is 0. The zero-order chi connectivity index (χ0) is 28.7. The predicted molar refractivity (Wildman–Crippen MR) is 169 cm³/mol. The Morgan fingerprint density at radius 3 is 0.950 bits per heavy atom. The Kier molecular flexibility index (Phi) is 18.8. The van der Waals surface area contributed by atoms with Gasteiger partial charge in [-0.25, -0.2) is 0 Å². The Labute approximate surface area is 256 Å². The molecule has 8 heteroatoms. The Bertz CT molecular complexity index is 860. The van der Waals surface area contributed by atoms with E-state index in [1.807, 2.05) is 0 Å². The summed E-state index contributed by atoms with van der Waals surface area (Å²) in [6.45, 7) is 9.68. The summed E-state index contributed by atoms with van der Waals surface area (Å²) < 4.78 is 39.0. The molecule has 2 heterocycles. The molecule has 2 aliphatic heterocycles. The molecule has 2 aromatic rings. The Morgan fingerprint density at radius 1 is 0.500 bits per heavy atom. The van der Waals surface area contributed by atoms with Crippen molar-refractivity contribution < 1.29 is 36.7 Å². The van der Waals surface area contributed by atoms with Gasteiger partial charge in [0.2, 0.25) is 0 Å². The minimum absolute atomic E-state index is 0. The second-order valence-electron chi connectivity index (χ2n) is 10.6. The maximum absolute atomic E-state index is 9.75. The van der Waals surface area contributed by atoms with Crippen LogP contribution in [0.15, 0.2) is 85.0 Å². The van der Waals surface area contributed by atoms with Crippen LogP contribution < -0.4 is 10.6 Å². The summed E-state index contributed by atoms with van der Waals surface area (Å²) >= 11 is 0. The minimum atomic E-state index is -6.00. The van der Waals surface area contributed by atoms with Gasteiger partial charge < -0.3 is 17.3 Å². The van der Waals surface area contributed by atoms with Gasteiger partial charge in [0, 0.05) is 19.5 Å². The van der Waals surface area contributed by atoms with E-state index in [1.165, 1.54) is 51.4 Å². The quantitative estimate of drug-likeness (QED) is 0.128. The van der Waals surface area contributed by atoms with Crippen LogP contribution in [0.4, 0.5) is 17.3 Å². The van der Waals surface area contributed by atoms with Crippen LogP contribution in [0, 0.1) is 0 Å². The van der Waals surface area contributed by atoms with Crippen molar-refractivity contribution in [2.24, 2.45) is 0 Å². The van der Waals surface area contributed by atoms with Gasteiger partial charge in [0.25, 0.3) is 0 Å². The van der Waals surface area contributed by atoms with Gasteiger partial charge in [-0.1, -0.05) is 129 Å². The van der Waals surface area contributed by atoms with Crippen molar-refractivity contribution in [3.8, 4) is 0 Å². The van der Waals surface area contributed by atoms with Gasteiger partial charge in [-0.05, 0) is 84.6 Å². The number of benzene rings is 2. The van der Waals surface area contributed by atoms with Crippen LogP contribution in [-0.2, 0) is 19.5 Å². The van der Waals surface area contributed by atoms with Crippen LogP contribution >= 0.6 is 15.8 Å². The van der Waals surface area contributed by atoms with Crippen LogP contribution in [0.5, 0.6) is 0 Å². The van der Waals surface area contributed by atoms with Gasteiger partial charge in [-0.3, -0.25) is 0 Å². The molecule has 1 aliphatic carbocycles. The number of allylic oxidation sites excluding steroid dienone is 4. The third kappa shape index (κ3) is 14.9. The molecule has 0 saturated carbocycles. The SMILES string of the molecule is C1=CCC/C=C\CC1.C[C@H]1CC[C@H](C)P1c1ccccc1.C[C@H]1CC[C@H](C)P1c1ccccc1.F[B-](F)(F)F.[Rh]. The van der Waals surface area contributed by atoms with Crippen LogP contribution in [0.2, 0.25) is 0 Å². The molecule has 0 bridgehead atoms. The molecule has 225 valence electrons. The fraction of sp³-hybridized carbons (Fsp3) is 0.500. The Morgan fingerprint density at radius 2 is 0.725 bits per heavy atom. The van der Waals surface area contributed by atoms with Crippen molar-refractivity contribution in [3.05, 3.63) is 85.0 Å². The molecule has 2 fully saturated rings. The molecule has 2 aromatic carbocycles. The maximum atomic E-state index is 9.75. The molecule has 2 saturated heterocycles. The second-order valence-corrected chi connectivity index (χ2v) is 16.8. The van der Waals surface area contributed by atoms with Crippen LogP contribution in [0.25, 0.3) is 0 Å². The standard InChI is InChI=1S/2C12H17P.C8H12.BF4.Rh/c2*1-10-8-9-11(2)13(10)12-6-4-3-5-7-12;1-2-4-6-8-7-5-3-1;2-1(3,4)5;/h2*3-7,10-11H,8-9H2,1-2H3;1-2,7-8H,3-6H2;;/q;;;-1;/b;;2-1-,8-7?;;/t2*10-,11-;;;/m00.../s1. The van der Waals surface area contributed by atoms with E-state index in [0.29, 0.717) is 0 Å². The zero-order valence-electron chi connectivity index (χ0n) is 24.4. The van der Waals surface area contributed by atoms with E-state index in [2.05, 4.69) is 113 Å². The largest absolute Gasteiger partial charge is 0.673 e. The molecule has 0 amide bonds. The summed E-state index contributed by atoms with van der Waals surface area (Å²) in [5, 5.41) is 3.21. The Hall–Kier alpha value is -0.812. The number of halogens is 4. The third-order valence-electron chi connectivity index (χ3n) is 7.35. The molecule has 40 heavy (non-hydrogen) atoms. The molecule has 0 nitrogen and oxygen atoms in total. The van der Waals surface area contributed by atoms with E-state index < -0.39 is 7.25 Å². The minimum Gasteiger partial charge on any atom is -0.418 e. The van der Waals surface area contributed by atoms with Gasteiger partial charge in [0.1, 0.15) is 0 Å². The summed E-state index contributed by atoms with van der Waals surface area (Å²) in [5.74, 6) is 0. The van der Waals surface area contributed by atoms with Gasteiger partial charge in [0.15, 0.2) is 0 Å². The van der Waals surface area contributed by atoms with Gasteiger partial charge in [-0.2, -0.15) is 0 Å². The fourth-order valence-electron chi connectivity index (χ4n) is 5.46. The van der Waals surface area contributed by atoms with E-state index in [0.717, 1.165) is 22.6 Å². The van der Waals surface area contributed by atoms with Crippen LogP contribution in [0.3, 0.4) is 0 Å². The van der Waals surface area contributed by atoms with Crippen molar-refractivity contribution in [2.45, 2.75) is 102 Å². The van der Waals surface area contributed by atoms with Crippen molar-refractivity contribution in [1.82, 2.24) is 0 Å². The Balaban J connectivity index is 0.000000280. The zero-order valence-corrected chi connectivity index (χ0v) is 27.8. The van der Waals surface area contributed by atoms with Crippen molar-refractivity contribution in [1.29, 1.82) is 0 Å². The molecule has 5 rings (SSSR count). The normalized spacial score (nSPS) is 25.4. The van der Waals surface area contributed by atoms with E-state index >= 15 is 0 Å². The fourth-order valence-corrected chi connectivity index (χ4v) is 12.0. The monoisotopic (exact) mass is 682 g/mol. The summed E-state index contributed by atoms with van der Waals surface area (Å²) in [6.07, 6.45) is 19.7. The summed E-state index contributed by atoms with van der Waals surface area (Å²) in [6, 6.07) is 22.2. The first-order valence-electron chi connectivity index (χ1n) is 14.4. The maximum Gasteiger partial charge on any atom is 0.673 e. The van der Waals surface area contributed by atoms with E-state index in [4.69, 9.17) is 0 Å². The molecular weight excluding hydrogens is 636 g/mol. The second kappa shape index (κ2) is 20.2. The first kappa shape index (κ1) is 37.2. The van der Waals surface area contributed by atoms with Crippen LogP contribution in [-0.4, -0.2) is 29.9 Å². The van der Waals surface area contributed by atoms with Crippen molar-refractivity contribution in [2.75, 3.05) is 0 Å². The van der Waals surface area contributed by atoms with Crippen molar-refractivity contribution >= 4 is 33.7 Å².